The predicted molar refractivity (Wildman–Crippen MR) is 119 cm³/mol. The molecule has 0 atom stereocenters. The number of aryl methyl sites for hydroxylation is 1. The molecule has 0 unspecified atom stereocenters. The van der Waals surface area contributed by atoms with Crippen LogP contribution in [0.4, 0.5) is 0 Å². The van der Waals surface area contributed by atoms with Crippen LogP contribution in [0.3, 0.4) is 0 Å². The topological polar surface area (TPSA) is 97.2 Å². The minimum absolute atomic E-state index is 0.0351. The summed E-state index contributed by atoms with van der Waals surface area (Å²) in [5.41, 5.74) is 1.05. The summed E-state index contributed by atoms with van der Waals surface area (Å²) in [5, 5.41) is 3.24. The number of thiophene rings is 1. The Hall–Kier alpha value is -3.07. The van der Waals surface area contributed by atoms with Crippen molar-refractivity contribution >= 4 is 33.4 Å². The second-order valence-corrected chi connectivity index (χ2v) is 8.98. The summed E-state index contributed by atoms with van der Waals surface area (Å²) in [7, 11) is 0. The Bertz CT molecular complexity index is 1160. The summed E-state index contributed by atoms with van der Waals surface area (Å²) in [6.07, 6.45) is 5.04. The van der Waals surface area contributed by atoms with Crippen molar-refractivity contribution in [1.82, 2.24) is 24.8 Å². The molecular weight excluding hydrogens is 414 g/mol. The molecule has 1 fully saturated rings. The zero-order chi connectivity index (χ0) is 22.0. The number of piperidine rings is 1. The molecule has 9 heteroatoms. The first-order valence-corrected chi connectivity index (χ1v) is 11.2. The second kappa shape index (κ2) is 8.97. The summed E-state index contributed by atoms with van der Waals surface area (Å²) in [6, 6.07) is 5.50. The third-order valence-corrected chi connectivity index (χ3v) is 6.92. The van der Waals surface area contributed by atoms with E-state index in [-0.39, 0.29) is 23.9 Å². The van der Waals surface area contributed by atoms with Crippen LogP contribution in [0.15, 0.2) is 35.5 Å². The Morgan fingerprint density at radius 2 is 2.00 bits per heavy atom. The van der Waals surface area contributed by atoms with Crippen LogP contribution in [-0.2, 0) is 17.9 Å². The van der Waals surface area contributed by atoms with E-state index in [1.165, 1.54) is 22.2 Å². The summed E-state index contributed by atoms with van der Waals surface area (Å²) < 4.78 is 1.35. The molecule has 0 aliphatic carbocycles. The molecule has 162 valence electrons. The van der Waals surface area contributed by atoms with Gasteiger partial charge in [0.1, 0.15) is 11.4 Å². The maximum Gasteiger partial charge on any atom is 0.262 e. The molecule has 8 nitrogen and oxygen atoms in total. The molecule has 31 heavy (non-hydrogen) atoms. The number of rotatable bonds is 5. The molecule has 1 aliphatic rings. The molecule has 2 amide bonds. The number of pyridine rings is 1. The van der Waals surface area contributed by atoms with Gasteiger partial charge in [-0.1, -0.05) is 13.0 Å². The number of nitrogens with one attached hydrogen (secondary N) is 1. The Labute approximate surface area is 183 Å². The van der Waals surface area contributed by atoms with Crippen LogP contribution < -0.4 is 10.9 Å². The van der Waals surface area contributed by atoms with E-state index in [9.17, 15) is 14.4 Å². The van der Waals surface area contributed by atoms with Crippen LogP contribution in [-0.4, -0.2) is 44.3 Å². The smallest absolute Gasteiger partial charge is 0.262 e. The van der Waals surface area contributed by atoms with Crippen molar-refractivity contribution in [1.29, 1.82) is 0 Å². The van der Waals surface area contributed by atoms with Gasteiger partial charge < -0.3 is 10.2 Å². The number of nitrogens with zero attached hydrogens (tertiary/aromatic N) is 4. The van der Waals surface area contributed by atoms with E-state index < -0.39 is 0 Å². The summed E-state index contributed by atoms with van der Waals surface area (Å²) in [6.45, 7) is 5.65. The van der Waals surface area contributed by atoms with Crippen molar-refractivity contribution in [3.8, 4) is 0 Å². The molecule has 1 N–H and O–H groups in total. The van der Waals surface area contributed by atoms with E-state index in [4.69, 9.17) is 0 Å². The number of fused-ring (bicyclic) bond motifs is 1. The number of hydrogen-bond acceptors (Lipinski definition) is 6. The van der Waals surface area contributed by atoms with Crippen LogP contribution >= 0.6 is 11.3 Å². The quantitative estimate of drug-likeness (QED) is 0.658. The zero-order valence-electron chi connectivity index (χ0n) is 17.6. The third kappa shape index (κ3) is 4.51. The van der Waals surface area contributed by atoms with Gasteiger partial charge in [-0.05, 0) is 43.4 Å². The Morgan fingerprint density at radius 1 is 1.23 bits per heavy atom. The molecule has 1 aliphatic heterocycles. The van der Waals surface area contributed by atoms with Crippen LogP contribution in [0.2, 0.25) is 0 Å². The van der Waals surface area contributed by atoms with E-state index in [0.29, 0.717) is 33.1 Å². The Morgan fingerprint density at radius 3 is 2.71 bits per heavy atom. The van der Waals surface area contributed by atoms with E-state index >= 15 is 0 Å². The number of aromatic nitrogens is 3. The first kappa shape index (κ1) is 21.2. The van der Waals surface area contributed by atoms with E-state index in [1.807, 2.05) is 23.1 Å². The average molecular weight is 440 g/mol. The molecule has 4 heterocycles. The fraction of sp³-hybridized carbons (Fsp3) is 0.409. The first-order valence-electron chi connectivity index (χ1n) is 10.4. The van der Waals surface area contributed by atoms with Crippen molar-refractivity contribution in [3.63, 3.8) is 0 Å². The minimum Gasteiger partial charge on any atom is -0.346 e. The summed E-state index contributed by atoms with van der Waals surface area (Å²) in [4.78, 5) is 49.7. The van der Waals surface area contributed by atoms with Gasteiger partial charge in [0.05, 0.1) is 28.8 Å². The largest absolute Gasteiger partial charge is 0.346 e. The van der Waals surface area contributed by atoms with Gasteiger partial charge in [0, 0.05) is 19.3 Å². The number of hydrogen-bond donors (Lipinski definition) is 1. The normalized spacial score (nSPS) is 14.7. The molecule has 0 saturated carbocycles. The van der Waals surface area contributed by atoms with E-state index in [1.54, 1.807) is 13.1 Å². The maximum atomic E-state index is 13.1. The highest BCUT2D eigenvalue weighted by Gasteiger charge is 2.23. The highest BCUT2D eigenvalue weighted by molar-refractivity contribution is 7.20. The fourth-order valence-electron chi connectivity index (χ4n) is 3.75. The fourth-order valence-corrected chi connectivity index (χ4v) is 4.80. The molecule has 0 radical (unpaired) electrons. The lowest BCUT2D eigenvalue weighted by atomic mass is 9.99. The molecular formula is C22H25N5O3S. The standard InChI is InChI=1S/C22H25N5O3S/c1-14-6-9-26(10-7-14)17(28)12-27-13-25-21-18(22(27)30)15(2)19(31-21)20(29)24-11-16-5-3-4-8-23-16/h3-5,8,13-14H,6-7,9-12H2,1-2H3,(H,24,29). The summed E-state index contributed by atoms with van der Waals surface area (Å²) >= 11 is 1.18. The lowest BCUT2D eigenvalue weighted by molar-refractivity contribution is -0.133. The van der Waals surface area contributed by atoms with Gasteiger partial charge in [0.25, 0.3) is 11.5 Å². The van der Waals surface area contributed by atoms with E-state index in [2.05, 4.69) is 22.2 Å². The van der Waals surface area contributed by atoms with Gasteiger partial charge >= 0.3 is 0 Å². The van der Waals surface area contributed by atoms with Gasteiger partial charge in [-0.2, -0.15) is 0 Å². The van der Waals surface area contributed by atoms with Gasteiger partial charge in [0.15, 0.2) is 0 Å². The average Bonchev–Trinajstić information content (AvgIpc) is 3.12. The van der Waals surface area contributed by atoms with Crippen LogP contribution in [0.5, 0.6) is 0 Å². The molecule has 0 aromatic carbocycles. The monoisotopic (exact) mass is 439 g/mol. The lowest BCUT2D eigenvalue weighted by Gasteiger charge is -2.30. The predicted octanol–water partition coefficient (Wildman–Crippen LogP) is 2.35. The molecule has 0 bridgehead atoms. The Balaban J connectivity index is 1.52. The van der Waals surface area contributed by atoms with Crippen molar-refractivity contribution < 1.29 is 9.59 Å². The van der Waals surface area contributed by atoms with Crippen LogP contribution in [0, 0.1) is 12.8 Å². The minimum atomic E-state index is -0.291. The molecule has 1 saturated heterocycles. The number of carbonyl (C=O) groups excluding carboxylic acids is 2. The molecule has 3 aromatic heterocycles. The molecule has 4 rings (SSSR count). The molecule has 0 spiro atoms. The van der Waals surface area contributed by atoms with Crippen LogP contribution in [0.1, 0.15) is 40.7 Å². The SMILES string of the molecule is Cc1c(C(=O)NCc2ccccn2)sc2ncn(CC(=O)N3CCC(C)CC3)c(=O)c12. The summed E-state index contributed by atoms with van der Waals surface area (Å²) in [5.74, 6) is 0.285. The lowest BCUT2D eigenvalue weighted by Crippen LogP contribution is -2.41. The Kier molecular flexibility index (Phi) is 6.13. The maximum absolute atomic E-state index is 13.1. The number of likely N-dealkylation sites (tertiary alicyclic amines) is 1. The van der Waals surface area contributed by atoms with Crippen LogP contribution in [0.25, 0.3) is 10.2 Å². The van der Waals surface area contributed by atoms with Crippen molar-refractivity contribution in [2.24, 2.45) is 5.92 Å². The van der Waals surface area contributed by atoms with E-state index in [0.717, 1.165) is 31.6 Å². The first-order chi connectivity index (χ1) is 14.9. The highest BCUT2D eigenvalue weighted by atomic mass is 32.1. The molecule has 3 aromatic rings. The highest BCUT2D eigenvalue weighted by Crippen LogP contribution is 2.26. The van der Waals surface area contributed by atoms with Crippen molar-refractivity contribution in [2.75, 3.05) is 13.1 Å². The second-order valence-electron chi connectivity index (χ2n) is 7.98. The van der Waals surface area contributed by atoms with Gasteiger partial charge in [-0.15, -0.1) is 11.3 Å². The van der Waals surface area contributed by atoms with Gasteiger partial charge in [-0.3, -0.25) is 23.9 Å². The van der Waals surface area contributed by atoms with Crippen molar-refractivity contribution in [3.05, 3.63) is 57.2 Å². The van der Waals surface area contributed by atoms with Crippen molar-refractivity contribution in [2.45, 2.75) is 39.8 Å². The van der Waals surface area contributed by atoms with Gasteiger partial charge in [0.2, 0.25) is 5.91 Å². The number of carbonyl (C=O) groups is 2. The van der Waals surface area contributed by atoms with Gasteiger partial charge in [-0.25, -0.2) is 4.98 Å². The third-order valence-electron chi connectivity index (χ3n) is 5.72. The number of amides is 2. The zero-order valence-corrected chi connectivity index (χ0v) is 18.4.